The molecule has 1 aromatic heterocycles. The van der Waals surface area contributed by atoms with Crippen molar-refractivity contribution < 1.29 is 9.59 Å². The van der Waals surface area contributed by atoms with Crippen molar-refractivity contribution in [2.24, 2.45) is 0 Å². The lowest BCUT2D eigenvalue weighted by atomic mass is 10.0. The minimum absolute atomic E-state index is 0.0422. The first kappa shape index (κ1) is 17.7. The molecule has 4 aromatic rings. The van der Waals surface area contributed by atoms with Gasteiger partial charge in [0.15, 0.2) is 5.78 Å². The number of nitrogens with zero attached hydrogens (tertiary/aromatic N) is 2. The fourth-order valence-corrected chi connectivity index (χ4v) is 3.35. The van der Waals surface area contributed by atoms with Crippen molar-refractivity contribution >= 4 is 28.3 Å². The van der Waals surface area contributed by atoms with Crippen LogP contribution in [0.15, 0.2) is 91.1 Å². The Morgan fingerprint density at radius 1 is 0.821 bits per heavy atom. The van der Waals surface area contributed by atoms with Gasteiger partial charge in [-0.15, -0.1) is 0 Å². The Kier molecular flexibility index (Phi) is 4.77. The van der Waals surface area contributed by atoms with Gasteiger partial charge in [0, 0.05) is 41.0 Å². The van der Waals surface area contributed by atoms with E-state index in [1.165, 1.54) is 0 Å². The molecule has 0 N–H and O–H groups in total. The molecule has 0 aliphatic rings. The zero-order valence-electron chi connectivity index (χ0n) is 15.6. The van der Waals surface area contributed by atoms with Gasteiger partial charge in [-0.2, -0.15) is 0 Å². The highest BCUT2D eigenvalue weighted by atomic mass is 16.2. The first-order valence-corrected chi connectivity index (χ1v) is 9.14. The van der Waals surface area contributed by atoms with Gasteiger partial charge >= 0.3 is 0 Å². The molecular formula is C24H20N2O2. The Morgan fingerprint density at radius 2 is 1.43 bits per heavy atom. The fraction of sp³-hybridized carbons (Fsp3) is 0.0833. The van der Waals surface area contributed by atoms with E-state index in [1.54, 1.807) is 18.1 Å². The number of rotatable bonds is 5. The largest absolute Gasteiger partial charge is 0.337 e. The number of aromatic nitrogens is 1. The second-order valence-corrected chi connectivity index (χ2v) is 6.67. The number of likely N-dealkylation sites (N-methyl/N-ethyl adjacent to an activating group) is 1. The molecule has 0 fully saturated rings. The molecule has 1 amide bonds. The maximum atomic E-state index is 13.0. The van der Waals surface area contributed by atoms with Crippen LogP contribution in [0.5, 0.6) is 0 Å². The van der Waals surface area contributed by atoms with Crippen LogP contribution in [0, 0.1) is 0 Å². The predicted octanol–water partition coefficient (Wildman–Crippen LogP) is 4.54. The molecule has 0 radical (unpaired) electrons. The molecule has 4 rings (SSSR count). The van der Waals surface area contributed by atoms with Crippen molar-refractivity contribution in [2.45, 2.75) is 6.54 Å². The molecule has 4 nitrogen and oxygen atoms in total. The quantitative estimate of drug-likeness (QED) is 0.486. The minimum Gasteiger partial charge on any atom is -0.337 e. The first-order valence-electron chi connectivity index (χ1n) is 9.14. The van der Waals surface area contributed by atoms with Gasteiger partial charge in [-0.1, -0.05) is 66.7 Å². The highest BCUT2D eigenvalue weighted by molar-refractivity contribution is 6.16. The molecule has 1 heterocycles. The van der Waals surface area contributed by atoms with E-state index in [2.05, 4.69) is 0 Å². The molecule has 28 heavy (non-hydrogen) atoms. The van der Waals surface area contributed by atoms with Crippen molar-refractivity contribution in [2.75, 3.05) is 11.9 Å². The van der Waals surface area contributed by atoms with E-state index in [4.69, 9.17) is 0 Å². The van der Waals surface area contributed by atoms with Crippen molar-refractivity contribution in [3.8, 4) is 0 Å². The summed E-state index contributed by atoms with van der Waals surface area (Å²) in [6.45, 7) is 0.161. The number of ketones is 1. The predicted molar refractivity (Wildman–Crippen MR) is 112 cm³/mol. The summed E-state index contributed by atoms with van der Waals surface area (Å²) in [7, 11) is 1.76. The Morgan fingerprint density at radius 3 is 2.14 bits per heavy atom. The Labute approximate surface area is 163 Å². The van der Waals surface area contributed by atoms with Crippen molar-refractivity contribution in [3.63, 3.8) is 0 Å². The van der Waals surface area contributed by atoms with Crippen LogP contribution in [0.2, 0.25) is 0 Å². The molecule has 0 spiro atoms. The third kappa shape index (κ3) is 3.32. The van der Waals surface area contributed by atoms with Crippen molar-refractivity contribution in [3.05, 3.63) is 102 Å². The number of carbonyl (C=O) groups excluding carboxylic acids is 2. The number of anilines is 1. The topological polar surface area (TPSA) is 42.3 Å². The average Bonchev–Trinajstić information content (AvgIpc) is 3.12. The highest BCUT2D eigenvalue weighted by Gasteiger charge is 2.19. The van der Waals surface area contributed by atoms with Crippen molar-refractivity contribution in [1.29, 1.82) is 0 Å². The van der Waals surface area contributed by atoms with Gasteiger partial charge in [-0.05, 0) is 18.2 Å². The van der Waals surface area contributed by atoms with E-state index < -0.39 is 0 Å². The van der Waals surface area contributed by atoms with Crippen LogP contribution in [-0.4, -0.2) is 23.3 Å². The molecule has 3 aromatic carbocycles. The zero-order chi connectivity index (χ0) is 19.5. The number of fused-ring (bicyclic) bond motifs is 1. The lowest BCUT2D eigenvalue weighted by molar-refractivity contribution is -0.118. The van der Waals surface area contributed by atoms with E-state index in [0.717, 1.165) is 16.6 Å². The third-order valence-corrected chi connectivity index (χ3v) is 4.89. The summed E-state index contributed by atoms with van der Waals surface area (Å²) in [5.41, 5.74) is 2.95. The van der Waals surface area contributed by atoms with Gasteiger partial charge in [0.05, 0.1) is 0 Å². The molecule has 4 heteroatoms. The summed E-state index contributed by atoms with van der Waals surface area (Å²) in [4.78, 5) is 27.5. The van der Waals surface area contributed by atoms with E-state index >= 15 is 0 Å². The molecule has 0 aliphatic heterocycles. The number of hydrogen-bond donors (Lipinski definition) is 0. The lowest BCUT2D eigenvalue weighted by Gasteiger charge is -2.18. The number of hydrogen-bond acceptors (Lipinski definition) is 2. The van der Waals surface area contributed by atoms with Gasteiger partial charge in [-0.3, -0.25) is 9.59 Å². The van der Waals surface area contributed by atoms with Crippen LogP contribution in [0.3, 0.4) is 0 Å². The number of benzene rings is 3. The fourth-order valence-electron chi connectivity index (χ4n) is 3.35. The van der Waals surface area contributed by atoms with E-state index in [0.29, 0.717) is 11.1 Å². The summed E-state index contributed by atoms with van der Waals surface area (Å²) in [6.07, 6.45) is 1.79. The van der Waals surface area contributed by atoms with Crippen LogP contribution in [0.1, 0.15) is 15.9 Å². The molecule has 0 saturated carbocycles. The monoisotopic (exact) mass is 368 g/mol. The van der Waals surface area contributed by atoms with E-state index in [-0.39, 0.29) is 18.2 Å². The Hall–Kier alpha value is -3.66. The standard InChI is InChI=1S/C24H20N2O2/c1-25(19-12-6-3-7-13-19)23(27)17-26-16-21(20-14-8-9-15-22(20)26)24(28)18-10-4-2-5-11-18/h2-16H,17H2,1H3. The first-order chi connectivity index (χ1) is 13.6. The van der Waals surface area contributed by atoms with Crippen LogP contribution >= 0.6 is 0 Å². The SMILES string of the molecule is CN(C(=O)Cn1cc(C(=O)c2ccccc2)c2ccccc21)c1ccccc1. The summed E-state index contributed by atoms with van der Waals surface area (Å²) >= 11 is 0. The maximum Gasteiger partial charge on any atom is 0.246 e. The van der Waals surface area contributed by atoms with E-state index in [9.17, 15) is 9.59 Å². The number of carbonyl (C=O) groups is 2. The number of para-hydroxylation sites is 2. The van der Waals surface area contributed by atoms with Crippen LogP contribution in [-0.2, 0) is 11.3 Å². The van der Waals surface area contributed by atoms with Crippen LogP contribution < -0.4 is 4.90 Å². The van der Waals surface area contributed by atoms with Gasteiger partial charge < -0.3 is 9.47 Å². The second-order valence-electron chi connectivity index (χ2n) is 6.67. The van der Waals surface area contributed by atoms with E-state index in [1.807, 2.05) is 89.5 Å². The second kappa shape index (κ2) is 7.53. The van der Waals surface area contributed by atoms with Gasteiger partial charge in [0.1, 0.15) is 6.54 Å². The average molecular weight is 368 g/mol. The minimum atomic E-state index is -0.0503. The smallest absolute Gasteiger partial charge is 0.246 e. The number of amides is 1. The van der Waals surface area contributed by atoms with Crippen LogP contribution in [0.4, 0.5) is 5.69 Å². The van der Waals surface area contributed by atoms with Crippen LogP contribution in [0.25, 0.3) is 10.9 Å². The lowest BCUT2D eigenvalue weighted by Crippen LogP contribution is -2.29. The zero-order valence-corrected chi connectivity index (χ0v) is 15.6. The Balaban J connectivity index is 1.69. The molecule has 0 atom stereocenters. The summed E-state index contributed by atoms with van der Waals surface area (Å²) in [5.74, 6) is -0.0925. The normalized spacial score (nSPS) is 10.8. The third-order valence-electron chi connectivity index (χ3n) is 4.89. The molecule has 138 valence electrons. The Bertz CT molecular complexity index is 1130. The highest BCUT2D eigenvalue weighted by Crippen LogP contribution is 2.24. The molecular weight excluding hydrogens is 348 g/mol. The van der Waals surface area contributed by atoms with Gasteiger partial charge in [0.25, 0.3) is 0 Å². The molecule has 0 saturated heterocycles. The maximum absolute atomic E-state index is 13.0. The van der Waals surface area contributed by atoms with Gasteiger partial charge in [0.2, 0.25) is 5.91 Å². The molecule has 0 unspecified atom stereocenters. The summed E-state index contributed by atoms with van der Waals surface area (Å²) in [5, 5.41) is 0.853. The molecule has 0 bridgehead atoms. The summed E-state index contributed by atoms with van der Waals surface area (Å²) < 4.78 is 1.85. The van der Waals surface area contributed by atoms with Gasteiger partial charge in [-0.25, -0.2) is 0 Å². The molecule has 0 aliphatic carbocycles. The summed E-state index contributed by atoms with van der Waals surface area (Å²) in [6, 6.07) is 26.4. The van der Waals surface area contributed by atoms with Crippen molar-refractivity contribution in [1.82, 2.24) is 4.57 Å².